The Morgan fingerprint density at radius 2 is 2.06 bits per heavy atom. The Labute approximate surface area is 108 Å². The first kappa shape index (κ1) is 12.0. The highest BCUT2D eigenvalue weighted by atomic mass is 35.5. The summed E-state index contributed by atoms with van der Waals surface area (Å²) in [5, 5.41) is 0.669. The molecule has 0 spiro atoms. The topological polar surface area (TPSA) is 42.9 Å². The molecule has 2 heterocycles. The summed E-state index contributed by atoms with van der Waals surface area (Å²) < 4.78 is 0. The van der Waals surface area contributed by atoms with Gasteiger partial charge in [-0.2, -0.15) is 0 Å². The van der Waals surface area contributed by atoms with Crippen molar-refractivity contribution in [2.24, 2.45) is 0 Å². The van der Waals surface area contributed by atoms with Gasteiger partial charge in [-0.15, -0.1) is 0 Å². The number of carbonyl (C=O) groups excluding carboxylic acids is 1. The predicted octanol–water partition coefficient (Wildman–Crippen LogP) is 3.21. The van der Waals surface area contributed by atoms with E-state index in [0.717, 1.165) is 0 Å². The summed E-state index contributed by atoms with van der Waals surface area (Å²) in [4.78, 5) is 19.9. The van der Waals surface area contributed by atoms with Crippen LogP contribution in [0.2, 0.25) is 10.0 Å². The van der Waals surface area contributed by atoms with Crippen LogP contribution in [0, 0.1) is 0 Å². The molecule has 0 saturated carbocycles. The minimum atomic E-state index is -0.176. The summed E-state index contributed by atoms with van der Waals surface area (Å²) in [6.07, 6.45) is 3.22. The van der Waals surface area contributed by atoms with E-state index in [1.165, 1.54) is 12.3 Å². The van der Waals surface area contributed by atoms with Gasteiger partial charge in [0.15, 0.2) is 5.78 Å². The number of aromatic nitrogens is 2. The zero-order valence-corrected chi connectivity index (χ0v) is 10.2. The molecule has 2 rings (SSSR count). The average Bonchev–Trinajstić information content (AvgIpc) is 2.30. The van der Waals surface area contributed by atoms with Crippen LogP contribution in [0.25, 0.3) is 0 Å². The molecule has 0 bridgehead atoms. The van der Waals surface area contributed by atoms with Crippen LogP contribution in [0.4, 0.5) is 0 Å². The lowest BCUT2D eigenvalue weighted by molar-refractivity contribution is 0.0987. The molecular weight excluding hydrogens is 259 g/mol. The normalized spacial score (nSPS) is 10.2. The lowest BCUT2D eigenvalue weighted by Gasteiger charge is -2.02. The summed E-state index contributed by atoms with van der Waals surface area (Å²) >= 11 is 11.6. The van der Waals surface area contributed by atoms with Gasteiger partial charge in [-0.3, -0.25) is 9.78 Å². The maximum atomic E-state index is 11.9. The Kier molecular flexibility index (Phi) is 3.71. The van der Waals surface area contributed by atoms with Crippen molar-refractivity contribution < 1.29 is 4.79 Å². The van der Waals surface area contributed by atoms with Crippen molar-refractivity contribution in [3.63, 3.8) is 0 Å². The van der Waals surface area contributed by atoms with Crippen LogP contribution in [0.15, 0.2) is 36.7 Å². The van der Waals surface area contributed by atoms with Crippen molar-refractivity contribution in [3.8, 4) is 0 Å². The quantitative estimate of drug-likeness (QED) is 0.802. The van der Waals surface area contributed by atoms with Crippen LogP contribution in [-0.4, -0.2) is 15.8 Å². The lowest BCUT2D eigenvalue weighted by Crippen LogP contribution is -2.07. The van der Waals surface area contributed by atoms with Crippen LogP contribution >= 0.6 is 23.2 Å². The van der Waals surface area contributed by atoms with Crippen molar-refractivity contribution in [1.29, 1.82) is 0 Å². The second-order valence-electron chi connectivity index (χ2n) is 3.40. The van der Waals surface area contributed by atoms with Crippen molar-refractivity contribution in [3.05, 3.63) is 58.1 Å². The maximum absolute atomic E-state index is 11.9. The standard InChI is InChI=1S/C12H8Cl2N2O/c13-8-5-10(14)12(16-7-8)11(17)6-9-3-1-2-4-15-9/h1-5,7H,6H2. The molecular formula is C12H8Cl2N2O. The molecule has 0 aliphatic carbocycles. The van der Waals surface area contributed by atoms with Crippen molar-refractivity contribution in [2.75, 3.05) is 0 Å². The number of ketones is 1. The van der Waals surface area contributed by atoms with Gasteiger partial charge in [-0.05, 0) is 18.2 Å². The van der Waals surface area contributed by atoms with E-state index >= 15 is 0 Å². The molecule has 0 aliphatic rings. The Morgan fingerprint density at radius 3 is 2.71 bits per heavy atom. The molecule has 0 saturated heterocycles. The van der Waals surface area contributed by atoms with E-state index in [9.17, 15) is 4.79 Å². The molecule has 2 aromatic rings. The second kappa shape index (κ2) is 5.25. The lowest BCUT2D eigenvalue weighted by atomic mass is 10.1. The van der Waals surface area contributed by atoms with E-state index in [1.807, 2.05) is 6.07 Å². The third-order valence-corrected chi connectivity index (χ3v) is 2.63. The third kappa shape index (κ3) is 3.02. The second-order valence-corrected chi connectivity index (χ2v) is 4.25. The van der Waals surface area contributed by atoms with Crippen LogP contribution in [0.3, 0.4) is 0 Å². The van der Waals surface area contributed by atoms with Crippen molar-refractivity contribution >= 4 is 29.0 Å². The number of hydrogen-bond acceptors (Lipinski definition) is 3. The Balaban J connectivity index is 2.21. The number of nitrogens with zero attached hydrogens (tertiary/aromatic N) is 2. The summed E-state index contributed by atoms with van der Waals surface area (Å²) in [6.45, 7) is 0. The van der Waals surface area contributed by atoms with E-state index in [0.29, 0.717) is 10.7 Å². The van der Waals surface area contributed by atoms with Crippen LogP contribution < -0.4 is 0 Å². The fourth-order valence-electron chi connectivity index (χ4n) is 1.37. The van der Waals surface area contributed by atoms with E-state index in [-0.39, 0.29) is 22.9 Å². The Bertz CT molecular complexity index is 543. The predicted molar refractivity (Wildman–Crippen MR) is 66.5 cm³/mol. The smallest absolute Gasteiger partial charge is 0.188 e. The van der Waals surface area contributed by atoms with Crippen molar-refractivity contribution in [2.45, 2.75) is 6.42 Å². The first-order chi connectivity index (χ1) is 8.16. The van der Waals surface area contributed by atoms with Crippen LogP contribution in [0.1, 0.15) is 16.2 Å². The molecule has 17 heavy (non-hydrogen) atoms. The van der Waals surface area contributed by atoms with Gasteiger partial charge in [-0.25, -0.2) is 4.98 Å². The molecule has 0 radical (unpaired) electrons. The molecule has 0 aromatic carbocycles. The number of rotatable bonds is 3. The summed E-state index contributed by atoms with van der Waals surface area (Å²) in [7, 11) is 0. The molecule has 0 atom stereocenters. The molecule has 86 valence electrons. The first-order valence-corrected chi connectivity index (χ1v) is 5.66. The van der Waals surface area contributed by atoms with Gasteiger partial charge in [-0.1, -0.05) is 29.3 Å². The number of hydrogen-bond donors (Lipinski definition) is 0. The number of pyridine rings is 2. The van der Waals surface area contributed by atoms with Crippen molar-refractivity contribution in [1.82, 2.24) is 9.97 Å². The van der Waals surface area contributed by atoms with Crippen LogP contribution in [-0.2, 0) is 6.42 Å². The molecule has 0 unspecified atom stereocenters. The average molecular weight is 267 g/mol. The zero-order valence-electron chi connectivity index (χ0n) is 8.73. The van der Waals surface area contributed by atoms with Gasteiger partial charge < -0.3 is 0 Å². The van der Waals surface area contributed by atoms with Gasteiger partial charge in [0.1, 0.15) is 5.69 Å². The summed E-state index contributed by atoms with van der Waals surface area (Å²) in [5.41, 5.74) is 0.909. The first-order valence-electron chi connectivity index (χ1n) is 4.91. The largest absolute Gasteiger partial charge is 0.292 e. The maximum Gasteiger partial charge on any atom is 0.188 e. The number of halogens is 2. The molecule has 2 aromatic heterocycles. The fourth-order valence-corrected chi connectivity index (χ4v) is 1.86. The third-order valence-electron chi connectivity index (χ3n) is 2.14. The van der Waals surface area contributed by atoms with E-state index in [2.05, 4.69) is 9.97 Å². The highest BCUT2D eigenvalue weighted by Crippen LogP contribution is 2.19. The zero-order chi connectivity index (χ0) is 12.3. The van der Waals surface area contributed by atoms with Gasteiger partial charge in [0, 0.05) is 18.1 Å². The van der Waals surface area contributed by atoms with Crippen LogP contribution in [0.5, 0.6) is 0 Å². The molecule has 5 heteroatoms. The van der Waals surface area contributed by atoms with Gasteiger partial charge in [0.2, 0.25) is 0 Å². The number of carbonyl (C=O) groups is 1. The van der Waals surface area contributed by atoms with E-state index < -0.39 is 0 Å². The molecule has 3 nitrogen and oxygen atoms in total. The van der Waals surface area contributed by atoms with E-state index in [4.69, 9.17) is 23.2 Å². The van der Waals surface area contributed by atoms with E-state index in [1.54, 1.807) is 18.3 Å². The summed E-state index contributed by atoms with van der Waals surface area (Å²) in [5.74, 6) is -0.176. The van der Waals surface area contributed by atoms with Gasteiger partial charge in [0.05, 0.1) is 16.5 Å². The molecule has 0 fully saturated rings. The minimum absolute atomic E-state index is 0.176. The SMILES string of the molecule is O=C(Cc1ccccn1)c1ncc(Cl)cc1Cl. The molecule has 0 N–H and O–H groups in total. The van der Waals surface area contributed by atoms with Gasteiger partial charge in [0.25, 0.3) is 0 Å². The number of Topliss-reactive ketones (excluding diaryl/α,β-unsaturated/α-hetero) is 1. The monoisotopic (exact) mass is 266 g/mol. The minimum Gasteiger partial charge on any atom is -0.292 e. The highest BCUT2D eigenvalue weighted by Gasteiger charge is 2.13. The molecule has 0 aliphatic heterocycles. The highest BCUT2D eigenvalue weighted by molar-refractivity contribution is 6.36. The Morgan fingerprint density at radius 1 is 1.24 bits per heavy atom. The van der Waals surface area contributed by atoms with Gasteiger partial charge >= 0.3 is 0 Å². The fraction of sp³-hybridized carbons (Fsp3) is 0.0833. The summed E-state index contributed by atoms with van der Waals surface area (Å²) in [6, 6.07) is 6.90. The molecule has 0 amide bonds. The Hall–Kier alpha value is -1.45.